The summed E-state index contributed by atoms with van der Waals surface area (Å²) in [4.78, 5) is 26.5. The minimum Gasteiger partial charge on any atom is -0.465 e. The third kappa shape index (κ3) is 18.9. The van der Waals surface area contributed by atoms with Crippen LogP contribution in [0.3, 0.4) is 0 Å². The van der Waals surface area contributed by atoms with Gasteiger partial charge in [-0.2, -0.15) is 0 Å². The van der Waals surface area contributed by atoms with Crippen LogP contribution in [0.4, 0.5) is 0 Å². The molecule has 5 nitrogen and oxygen atoms in total. The molecule has 1 amide bonds. The summed E-state index contributed by atoms with van der Waals surface area (Å²) in [5.74, 6) is -0.246. The molecule has 0 aliphatic heterocycles. The molecule has 0 atom stereocenters. The molecule has 1 aromatic carbocycles. The number of esters is 1. The SMILES string of the molecule is CCCCCCCCCCCCCCCCCCc1ccc(C(=O)OC)cc1CCC(=O)NCCCN(C)C. The van der Waals surface area contributed by atoms with Gasteiger partial charge in [-0.05, 0) is 69.6 Å². The summed E-state index contributed by atoms with van der Waals surface area (Å²) in [6, 6.07) is 5.84. The van der Waals surface area contributed by atoms with Crippen molar-refractivity contribution in [2.75, 3.05) is 34.3 Å². The van der Waals surface area contributed by atoms with Crippen LogP contribution in [0, 0.1) is 0 Å². The monoisotopic (exact) mass is 544 g/mol. The molecule has 39 heavy (non-hydrogen) atoms. The van der Waals surface area contributed by atoms with E-state index in [1.54, 1.807) is 0 Å². The van der Waals surface area contributed by atoms with Crippen LogP contribution < -0.4 is 5.32 Å². The van der Waals surface area contributed by atoms with Crippen molar-refractivity contribution in [3.8, 4) is 0 Å². The summed E-state index contributed by atoms with van der Waals surface area (Å²) in [5.41, 5.74) is 2.92. The van der Waals surface area contributed by atoms with Gasteiger partial charge in [0.25, 0.3) is 0 Å². The van der Waals surface area contributed by atoms with Gasteiger partial charge in [-0.1, -0.05) is 109 Å². The zero-order valence-corrected chi connectivity index (χ0v) is 26.0. The van der Waals surface area contributed by atoms with Crippen LogP contribution in [0.1, 0.15) is 144 Å². The molecule has 0 radical (unpaired) electrons. The van der Waals surface area contributed by atoms with Crippen molar-refractivity contribution >= 4 is 11.9 Å². The van der Waals surface area contributed by atoms with E-state index in [1.165, 1.54) is 109 Å². The first-order chi connectivity index (χ1) is 19.0. The first kappa shape index (κ1) is 35.1. The third-order valence-electron chi connectivity index (χ3n) is 7.65. The van der Waals surface area contributed by atoms with Gasteiger partial charge < -0.3 is 15.0 Å². The number of amides is 1. The van der Waals surface area contributed by atoms with E-state index in [-0.39, 0.29) is 11.9 Å². The van der Waals surface area contributed by atoms with E-state index in [0.717, 1.165) is 31.4 Å². The predicted molar refractivity (Wildman–Crippen MR) is 166 cm³/mol. The molecule has 0 aliphatic rings. The van der Waals surface area contributed by atoms with E-state index in [1.807, 2.05) is 26.2 Å². The Morgan fingerprint density at radius 3 is 1.77 bits per heavy atom. The number of hydrogen-bond donors (Lipinski definition) is 1. The van der Waals surface area contributed by atoms with Gasteiger partial charge in [0.05, 0.1) is 12.7 Å². The van der Waals surface area contributed by atoms with Crippen molar-refractivity contribution in [1.29, 1.82) is 0 Å². The summed E-state index contributed by atoms with van der Waals surface area (Å²) >= 11 is 0. The fourth-order valence-electron chi connectivity index (χ4n) is 5.17. The molecule has 0 saturated heterocycles. The van der Waals surface area contributed by atoms with E-state index in [9.17, 15) is 9.59 Å². The number of nitrogens with one attached hydrogen (secondary N) is 1. The number of benzene rings is 1. The molecule has 0 aliphatic carbocycles. The molecule has 0 unspecified atom stereocenters. The molecule has 1 N–H and O–H groups in total. The van der Waals surface area contributed by atoms with Gasteiger partial charge in [-0.3, -0.25) is 4.79 Å². The summed E-state index contributed by atoms with van der Waals surface area (Å²) in [7, 11) is 5.49. The fraction of sp³-hybridized carbons (Fsp3) is 0.765. The van der Waals surface area contributed by atoms with Crippen LogP contribution in [0.25, 0.3) is 0 Å². The van der Waals surface area contributed by atoms with Gasteiger partial charge in [-0.25, -0.2) is 4.79 Å². The Morgan fingerprint density at radius 1 is 0.718 bits per heavy atom. The quantitative estimate of drug-likeness (QED) is 0.0994. The minimum absolute atomic E-state index is 0.0746. The van der Waals surface area contributed by atoms with Gasteiger partial charge in [0.2, 0.25) is 5.91 Å². The average molecular weight is 545 g/mol. The fourth-order valence-corrected chi connectivity index (χ4v) is 5.17. The number of methoxy groups -OCH3 is 1. The van der Waals surface area contributed by atoms with Crippen molar-refractivity contribution in [2.45, 2.75) is 135 Å². The molecule has 224 valence electrons. The molecule has 1 rings (SSSR count). The zero-order chi connectivity index (χ0) is 28.6. The van der Waals surface area contributed by atoms with E-state index in [4.69, 9.17) is 4.74 Å². The van der Waals surface area contributed by atoms with E-state index < -0.39 is 0 Å². The Kier molecular flexibility index (Phi) is 21.6. The van der Waals surface area contributed by atoms with E-state index in [2.05, 4.69) is 23.2 Å². The second-order valence-electron chi connectivity index (χ2n) is 11.5. The minimum atomic E-state index is -0.321. The largest absolute Gasteiger partial charge is 0.465 e. The molecular formula is C34H60N2O3. The highest BCUT2D eigenvalue weighted by molar-refractivity contribution is 5.89. The number of unbranched alkanes of at least 4 members (excludes halogenated alkanes) is 15. The number of hydrogen-bond acceptors (Lipinski definition) is 4. The van der Waals surface area contributed by atoms with Gasteiger partial charge in [-0.15, -0.1) is 0 Å². The maximum absolute atomic E-state index is 12.3. The first-order valence-electron chi connectivity index (χ1n) is 16.1. The molecule has 0 bridgehead atoms. The Balaban J connectivity index is 2.24. The van der Waals surface area contributed by atoms with Gasteiger partial charge in [0.1, 0.15) is 0 Å². The number of carbonyl (C=O) groups is 2. The van der Waals surface area contributed by atoms with Crippen molar-refractivity contribution in [3.05, 3.63) is 34.9 Å². The molecule has 0 saturated carbocycles. The highest BCUT2D eigenvalue weighted by atomic mass is 16.5. The third-order valence-corrected chi connectivity index (χ3v) is 7.65. The lowest BCUT2D eigenvalue weighted by molar-refractivity contribution is -0.121. The van der Waals surface area contributed by atoms with Crippen LogP contribution in [-0.2, 0) is 22.4 Å². The van der Waals surface area contributed by atoms with E-state index in [0.29, 0.717) is 24.9 Å². The lowest BCUT2D eigenvalue weighted by Crippen LogP contribution is -2.27. The van der Waals surface area contributed by atoms with Crippen LogP contribution in [0.15, 0.2) is 18.2 Å². The highest BCUT2D eigenvalue weighted by Crippen LogP contribution is 2.19. The second-order valence-corrected chi connectivity index (χ2v) is 11.5. The number of nitrogens with zero attached hydrogens (tertiary/aromatic N) is 1. The van der Waals surface area contributed by atoms with Crippen LogP contribution >= 0.6 is 0 Å². The number of ether oxygens (including phenoxy) is 1. The normalized spacial score (nSPS) is 11.2. The number of carbonyl (C=O) groups excluding carboxylic acids is 2. The topological polar surface area (TPSA) is 58.6 Å². The molecular weight excluding hydrogens is 484 g/mol. The zero-order valence-electron chi connectivity index (χ0n) is 26.0. The smallest absolute Gasteiger partial charge is 0.337 e. The van der Waals surface area contributed by atoms with Crippen LogP contribution in [0.2, 0.25) is 0 Å². The van der Waals surface area contributed by atoms with Crippen molar-refractivity contribution in [1.82, 2.24) is 10.2 Å². The summed E-state index contributed by atoms with van der Waals surface area (Å²) < 4.78 is 4.91. The average Bonchev–Trinajstić information content (AvgIpc) is 2.93. The Hall–Kier alpha value is -1.88. The van der Waals surface area contributed by atoms with Crippen molar-refractivity contribution < 1.29 is 14.3 Å². The predicted octanol–water partition coefficient (Wildman–Crippen LogP) is 8.28. The van der Waals surface area contributed by atoms with Crippen molar-refractivity contribution in [3.63, 3.8) is 0 Å². The maximum atomic E-state index is 12.3. The molecule has 5 heteroatoms. The lowest BCUT2D eigenvalue weighted by atomic mass is 9.95. The van der Waals surface area contributed by atoms with Crippen LogP contribution in [0.5, 0.6) is 0 Å². The van der Waals surface area contributed by atoms with Crippen LogP contribution in [-0.4, -0.2) is 51.1 Å². The second kappa shape index (κ2) is 24.0. The molecule has 0 aromatic heterocycles. The molecule has 0 spiro atoms. The molecule has 0 fully saturated rings. The Morgan fingerprint density at radius 2 is 1.26 bits per heavy atom. The van der Waals surface area contributed by atoms with Crippen molar-refractivity contribution in [2.24, 2.45) is 0 Å². The van der Waals surface area contributed by atoms with Gasteiger partial charge >= 0.3 is 5.97 Å². The summed E-state index contributed by atoms with van der Waals surface area (Å²) in [5, 5.41) is 3.02. The Bertz CT molecular complexity index is 763. The molecule has 1 aromatic rings. The Labute approximate surface area is 240 Å². The van der Waals surface area contributed by atoms with E-state index >= 15 is 0 Å². The van der Waals surface area contributed by atoms with Gasteiger partial charge in [0, 0.05) is 13.0 Å². The summed E-state index contributed by atoms with van der Waals surface area (Å²) in [6.07, 6.45) is 24.9. The number of rotatable bonds is 25. The highest BCUT2D eigenvalue weighted by Gasteiger charge is 2.12. The molecule has 0 heterocycles. The first-order valence-corrected chi connectivity index (χ1v) is 16.1. The summed E-state index contributed by atoms with van der Waals surface area (Å²) in [6.45, 7) is 3.95. The number of aryl methyl sites for hydroxylation is 2. The maximum Gasteiger partial charge on any atom is 0.337 e. The standard InChI is InChI=1S/C34H60N2O3/c1-5-6-7-8-9-10-11-12-13-14-15-16-17-18-19-20-22-30-23-24-32(34(38)39-4)29-31(30)25-26-33(37)35-27-21-28-36(2)3/h23-24,29H,5-22,25-28H2,1-4H3,(H,35,37). The van der Waals surface area contributed by atoms with Gasteiger partial charge in [0.15, 0.2) is 0 Å². The lowest BCUT2D eigenvalue weighted by Gasteiger charge is -2.13.